The molecule has 196 valence electrons. The molecule has 4 aromatic rings. The van der Waals surface area contributed by atoms with Gasteiger partial charge in [0.05, 0.1) is 27.3 Å². The maximum atomic E-state index is 13.9. The van der Waals surface area contributed by atoms with E-state index in [4.69, 9.17) is 21.3 Å². The lowest BCUT2D eigenvalue weighted by molar-refractivity contribution is -0.118. The summed E-state index contributed by atoms with van der Waals surface area (Å²) in [5, 5.41) is 7.74. The first-order valence-electron chi connectivity index (χ1n) is 11.6. The number of hydrogen-bond donors (Lipinski definition) is 1. The molecule has 0 aliphatic rings. The van der Waals surface area contributed by atoms with Crippen LogP contribution in [0.5, 0.6) is 5.75 Å². The predicted octanol–water partition coefficient (Wildman–Crippen LogP) is 7.13. The van der Waals surface area contributed by atoms with Crippen LogP contribution in [-0.2, 0) is 4.79 Å². The summed E-state index contributed by atoms with van der Waals surface area (Å²) in [5.41, 5.74) is 0.718. The zero-order chi connectivity index (χ0) is 27.4. The molecular weight excluding hydrogens is 643 g/mol. The molecule has 11 heteroatoms. The van der Waals surface area contributed by atoms with Gasteiger partial charge in [-0.3, -0.25) is 9.59 Å². The van der Waals surface area contributed by atoms with Crippen molar-refractivity contribution in [1.29, 1.82) is 0 Å². The Morgan fingerprint density at radius 1 is 1.24 bits per heavy atom. The molecule has 0 spiro atoms. The molecule has 38 heavy (non-hydrogen) atoms. The van der Waals surface area contributed by atoms with Gasteiger partial charge in [0.25, 0.3) is 11.5 Å². The SMILES string of the molecule is CC[C@H](C)c1nc2ccc(Br)cc2c(=O)n1N=Cc1cc(Cl)cc(Br)c1OCC(=O)Nc1ccccc1F. The number of nitrogens with zero attached hydrogens (tertiary/aromatic N) is 3. The van der Waals surface area contributed by atoms with Crippen molar-refractivity contribution >= 4 is 72.2 Å². The predicted molar refractivity (Wildman–Crippen MR) is 155 cm³/mol. The van der Waals surface area contributed by atoms with Gasteiger partial charge >= 0.3 is 0 Å². The number of benzene rings is 3. The minimum absolute atomic E-state index is 0.0446. The third-order valence-corrected chi connectivity index (χ3v) is 7.03. The van der Waals surface area contributed by atoms with Crippen molar-refractivity contribution in [3.05, 3.63) is 96.1 Å². The van der Waals surface area contributed by atoms with E-state index < -0.39 is 18.3 Å². The van der Waals surface area contributed by atoms with Gasteiger partial charge in [-0.05, 0) is 64.8 Å². The molecule has 1 N–H and O–H groups in total. The highest BCUT2D eigenvalue weighted by atomic mass is 79.9. The van der Waals surface area contributed by atoms with Crippen LogP contribution in [0.1, 0.15) is 37.6 Å². The minimum atomic E-state index is -0.556. The minimum Gasteiger partial charge on any atom is -0.482 e. The van der Waals surface area contributed by atoms with Crippen molar-refractivity contribution in [2.75, 3.05) is 11.9 Å². The average Bonchev–Trinajstić information content (AvgIpc) is 2.88. The van der Waals surface area contributed by atoms with Crippen LogP contribution in [0.2, 0.25) is 5.02 Å². The zero-order valence-electron chi connectivity index (χ0n) is 20.3. The number of ether oxygens (including phenoxy) is 1. The molecule has 1 amide bonds. The quantitative estimate of drug-likeness (QED) is 0.203. The van der Waals surface area contributed by atoms with Crippen LogP contribution >= 0.6 is 43.5 Å². The number of carbonyl (C=O) groups is 1. The molecule has 0 unspecified atom stereocenters. The first-order chi connectivity index (χ1) is 18.2. The molecule has 1 heterocycles. The standard InChI is InChI=1S/C27H22Br2ClFN4O3/c1-3-15(2)26-34-22-9-8-17(28)11-19(22)27(37)35(26)32-13-16-10-18(30)12-20(29)25(16)38-14-24(36)33-23-7-5-4-6-21(23)31/h4-13,15H,3,14H2,1-2H3,(H,33,36)/t15-/m0/s1. The van der Waals surface area contributed by atoms with Gasteiger partial charge in [-0.25, -0.2) is 9.37 Å². The van der Waals surface area contributed by atoms with Crippen molar-refractivity contribution in [3.63, 3.8) is 0 Å². The third kappa shape index (κ3) is 6.31. The molecule has 0 saturated heterocycles. The summed E-state index contributed by atoms with van der Waals surface area (Å²) >= 11 is 13.1. The van der Waals surface area contributed by atoms with Gasteiger partial charge in [0, 0.05) is 21.0 Å². The molecule has 7 nitrogen and oxygen atoms in total. The average molecular weight is 665 g/mol. The highest BCUT2D eigenvalue weighted by Gasteiger charge is 2.17. The van der Waals surface area contributed by atoms with Crippen LogP contribution in [0.3, 0.4) is 0 Å². The van der Waals surface area contributed by atoms with Crippen molar-refractivity contribution in [3.8, 4) is 5.75 Å². The lowest BCUT2D eigenvalue weighted by Gasteiger charge is -2.15. The van der Waals surface area contributed by atoms with E-state index in [1.807, 2.05) is 19.9 Å². The number of nitrogens with one attached hydrogen (secondary N) is 1. The van der Waals surface area contributed by atoms with E-state index in [2.05, 4.69) is 42.3 Å². The summed E-state index contributed by atoms with van der Waals surface area (Å²) in [6.45, 7) is 3.57. The number of carbonyl (C=O) groups excluding carboxylic acids is 1. The van der Waals surface area contributed by atoms with E-state index in [-0.39, 0.29) is 22.9 Å². The molecular formula is C27H22Br2ClFN4O3. The van der Waals surface area contributed by atoms with Crippen LogP contribution in [0.4, 0.5) is 10.1 Å². The maximum Gasteiger partial charge on any atom is 0.282 e. The van der Waals surface area contributed by atoms with Crippen LogP contribution in [0.15, 0.2) is 73.4 Å². The second kappa shape index (κ2) is 12.2. The molecule has 1 atom stereocenters. The summed E-state index contributed by atoms with van der Waals surface area (Å²) in [7, 11) is 0. The van der Waals surface area contributed by atoms with Gasteiger partial charge in [-0.1, -0.05) is 53.5 Å². The zero-order valence-corrected chi connectivity index (χ0v) is 24.3. The lowest BCUT2D eigenvalue weighted by Crippen LogP contribution is -2.24. The molecule has 0 radical (unpaired) electrons. The Morgan fingerprint density at radius 3 is 2.74 bits per heavy atom. The Labute approximate surface area is 239 Å². The number of hydrogen-bond acceptors (Lipinski definition) is 5. The van der Waals surface area contributed by atoms with Gasteiger partial charge in [0.1, 0.15) is 17.4 Å². The number of para-hydroxylation sites is 1. The van der Waals surface area contributed by atoms with Crippen LogP contribution in [-0.4, -0.2) is 28.4 Å². The molecule has 0 aliphatic carbocycles. The summed E-state index contributed by atoms with van der Waals surface area (Å²) in [6.07, 6.45) is 2.18. The fraction of sp³-hybridized carbons (Fsp3) is 0.185. The Balaban J connectivity index is 1.69. The Hall–Kier alpha value is -3.08. The van der Waals surface area contributed by atoms with Gasteiger partial charge < -0.3 is 10.1 Å². The first-order valence-corrected chi connectivity index (χ1v) is 13.6. The van der Waals surface area contributed by atoms with Gasteiger partial charge in [0.2, 0.25) is 0 Å². The number of amides is 1. The second-order valence-electron chi connectivity index (χ2n) is 8.42. The Morgan fingerprint density at radius 2 is 2.00 bits per heavy atom. The van der Waals surface area contributed by atoms with Crippen LogP contribution in [0, 0.1) is 5.82 Å². The molecule has 0 saturated carbocycles. The van der Waals surface area contributed by atoms with Crippen molar-refractivity contribution in [1.82, 2.24) is 9.66 Å². The molecule has 1 aromatic heterocycles. The van der Waals surface area contributed by atoms with Gasteiger partial charge in [-0.15, -0.1) is 0 Å². The topological polar surface area (TPSA) is 85.6 Å². The van der Waals surface area contributed by atoms with E-state index in [9.17, 15) is 14.0 Å². The fourth-order valence-electron chi connectivity index (χ4n) is 3.61. The largest absolute Gasteiger partial charge is 0.482 e. The van der Waals surface area contributed by atoms with E-state index >= 15 is 0 Å². The highest BCUT2D eigenvalue weighted by molar-refractivity contribution is 9.10. The fourth-order valence-corrected chi connectivity index (χ4v) is 4.92. The summed E-state index contributed by atoms with van der Waals surface area (Å²) in [4.78, 5) is 30.5. The van der Waals surface area contributed by atoms with Gasteiger partial charge in [-0.2, -0.15) is 9.78 Å². The third-order valence-electron chi connectivity index (χ3n) is 5.73. The van der Waals surface area contributed by atoms with Crippen molar-refractivity contribution in [2.24, 2.45) is 5.10 Å². The highest BCUT2D eigenvalue weighted by Crippen LogP contribution is 2.32. The van der Waals surface area contributed by atoms with E-state index in [0.717, 1.165) is 10.9 Å². The summed E-state index contributed by atoms with van der Waals surface area (Å²) < 4.78 is 22.1. The number of anilines is 1. The summed E-state index contributed by atoms with van der Waals surface area (Å²) in [6, 6.07) is 14.4. The van der Waals surface area contributed by atoms with E-state index in [1.165, 1.54) is 29.1 Å². The van der Waals surface area contributed by atoms with E-state index in [1.54, 1.807) is 30.3 Å². The van der Waals surface area contributed by atoms with Crippen LogP contribution in [0.25, 0.3) is 10.9 Å². The van der Waals surface area contributed by atoms with Crippen molar-refractivity contribution < 1.29 is 13.9 Å². The number of halogens is 4. The lowest BCUT2D eigenvalue weighted by atomic mass is 10.1. The number of aromatic nitrogens is 2. The molecule has 0 bridgehead atoms. The van der Waals surface area contributed by atoms with E-state index in [0.29, 0.717) is 31.8 Å². The maximum absolute atomic E-state index is 13.9. The number of rotatable bonds is 8. The number of fused-ring (bicyclic) bond motifs is 1. The Bertz CT molecular complexity index is 1610. The smallest absolute Gasteiger partial charge is 0.282 e. The molecule has 0 fully saturated rings. The molecule has 0 aliphatic heterocycles. The second-order valence-corrected chi connectivity index (χ2v) is 10.6. The summed E-state index contributed by atoms with van der Waals surface area (Å²) in [5.74, 6) is -0.371. The van der Waals surface area contributed by atoms with Crippen molar-refractivity contribution in [2.45, 2.75) is 26.2 Å². The Kier molecular flexibility index (Phi) is 8.96. The van der Waals surface area contributed by atoms with Gasteiger partial charge in [0.15, 0.2) is 6.61 Å². The molecule has 4 rings (SSSR count). The van der Waals surface area contributed by atoms with Crippen LogP contribution < -0.4 is 15.6 Å². The monoisotopic (exact) mass is 662 g/mol. The first kappa shape index (κ1) is 27.9. The normalized spacial score (nSPS) is 12.2. The molecule has 3 aromatic carbocycles.